The highest BCUT2D eigenvalue weighted by Gasteiger charge is 2.30. The van der Waals surface area contributed by atoms with Crippen molar-refractivity contribution < 1.29 is 14.7 Å². The summed E-state index contributed by atoms with van der Waals surface area (Å²) in [5.74, 6) is 0.569. The summed E-state index contributed by atoms with van der Waals surface area (Å²) in [6.45, 7) is 2.93. The van der Waals surface area contributed by atoms with Crippen LogP contribution in [0.1, 0.15) is 43.7 Å². The summed E-state index contributed by atoms with van der Waals surface area (Å²) in [7, 11) is 0. The molecule has 1 aromatic carbocycles. The average molecular weight is 330 g/mol. The number of nitrogens with zero attached hydrogens (tertiary/aromatic N) is 1. The Morgan fingerprint density at radius 2 is 2.25 bits per heavy atom. The van der Waals surface area contributed by atoms with Gasteiger partial charge in [-0.3, -0.25) is 9.59 Å². The van der Waals surface area contributed by atoms with E-state index >= 15 is 0 Å². The molecule has 5 nitrogen and oxygen atoms in total. The quantitative estimate of drug-likeness (QED) is 0.869. The van der Waals surface area contributed by atoms with E-state index in [0.717, 1.165) is 43.5 Å². The number of rotatable bonds is 5. The zero-order valence-electron chi connectivity index (χ0n) is 14.3. The Labute approximate surface area is 143 Å². The third-order valence-electron chi connectivity index (χ3n) is 5.27. The molecule has 130 valence electrons. The minimum atomic E-state index is -0.0247. The van der Waals surface area contributed by atoms with Crippen molar-refractivity contribution in [1.29, 1.82) is 0 Å². The first-order chi connectivity index (χ1) is 11.6. The molecule has 2 aliphatic rings. The van der Waals surface area contributed by atoms with Gasteiger partial charge >= 0.3 is 0 Å². The number of aliphatic hydroxyl groups excluding tert-OH is 1. The van der Waals surface area contributed by atoms with Crippen LogP contribution in [0.3, 0.4) is 0 Å². The standard InChI is InChI=1S/C19H26N2O3/c1-13-4-3-9-21(17(13)12-22)19(24)6-2-5-14-7-8-16-15(10-14)11-18(23)20-16/h7-8,10,13,17,22H,2-6,9,11-12H2,1H3,(H,20,23). The van der Waals surface area contributed by atoms with Gasteiger partial charge in [0.2, 0.25) is 11.8 Å². The average Bonchev–Trinajstić information content (AvgIpc) is 2.93. The fraction of sp³-hybridized carbons (Fsp3) is 0.579. The van der Waals surface area contributed by atoms with Gasteiger partial charge in [0.25, 0.3) is 0 Å². The Balaban J connectivity index is 1.52. The maximum Gasteiger partial charge on any atom is 0.228 e. The lowest BCUT2D eigenvalue weighted by molar-refractivity contribution is -0.137. The van der Waals surface area contributed by atoms with Gasteiger partial charge in [0, 0.05) is 18.7 Å². The molecule has 0 radical (unpaired) electrons. The molecule has 0 spiro atoms. The summed E-state index contributed by atoms with van der Waals surface area (Å²) in [4.78, 5) is 25.8. The van der Waals surface area contributed by atoms with Crippen LogP contribution in [0, 0.1) is 5.92 Å². The molecular formula is C19H26N2O3. The smallest absolute Gasteiger partial charge is 0.228 e. The highest BCUT2D eigenvalue weighted by molar-refractivity contribution is 5.99. The highest BCUT2D eigenvalue weighted by Crippen LogP contribution is 2.26. The number of nitrogens with one attached hydrogen (secondary N) is 1. The van der Waals surface area contributed by atoms with Crippen molar-refractivity contribution in [3.8, 4) is 0 Å². The molecule has 2 atom stereocenters. The van der Waals surface area contributed by atoms with E-state index in [9.17, 15) is 14.7 Å². The number of hydrogen-bond donors (Lipinski definition) is 2. The van der Waals surface area contributed by atoms with E-state index in [1.807, 2.05) is 17.0 Å². The van der Waals surface area contributed by atoms with E-state index in [1.54, 1.807) is 0 Å². The van der Waals surface area contributed by atoms with Crippen LogP contribution in [0.25, 0.3) is 0 Å². The minimum absolute atomic E-state index is 0.0247. The van der Waals surface area contributed by atoms with Crippen LogP contribution in [-0.2, 0) is 22.4 Å². The van der Waals surface area contributed by atoms with Crippen molar-refractivity contribution >= 4 is 17.5 Å². The molecular weight excluding hydrogens is 304 g/mol. The maximum absolute atomic E-state index is 12.5. The van der Waals surface area contributed by atoms with Crippen LogP contribution >= 0.6 is 0 Å². The molecule has 0 aliphatic carbocycles. The molecule has 1 saturated heterocycles. The Hall–Kier alpha value is -1.88. The summed E-state index contributed by atoms with van der Waals surface area (Å²) in [5, 5.41) is 12.4. The molecule has 5 heteroatoms. The number of aryl methyl sites for hydroxylation is 1. The molecule has 0 bridgehead atoms. The first-order valence-corrected chi connectivity index (χ1v) is 8.90. The number of piperidine rings is 1. The molecule has 2 N–H and O–H groups in total. The molecule has 2 amide bonds. The fourth-order valence-electron chi connectivity index (χ4n) is 3.86. The lowest BCUT2D eigenvalue weighted by Crippen LogP contribution is -2.49. The number of anilines is 1. The second-order valence-corrected chi connectivity index (χ2v) is 7.03. The summed E-state index contributed by atoms with van der Waals surface area (Å²) in [6, 6.07) is 6.01. The zero-order chi connectivity index (χ0) is 17.1. The molecule has 3 rings (SSSR count). The van der Waals surface area contributed by atoms with Crippen molar-refractivity contribution in [1.82, 2.24) is 4.90 Å². The van der Waals surface area contributed by atoms with Gasteiger partial charge in [-0.05, 0) is 48.8 Å². The predicted molar refractivity (Wildman–Crippen MR) is 92.7 cm³/mol. The first-order valence-electron chi connectivity index (χ1n) is 8.90. The van der Waals surface area contributed by atoms with Crippen LogP contribution in [0.2, 0.25) is 0 Å². The van der Waals surface area contributed by atoms with Crippen molar-refractivity contribution in [2.24, 2.45) is 5.92 Å². The SMILES string of the molecule is CC1CCCN(C(=O)CCCc2ccc3c(c2)CC(=O)N3)C1CO. The van der Waals surface area contributed by atoms with Gasteiger partial charge in [-0.15, -0.1) is 0 Å². The largest absolute Gasteiger partial charge is 0.394 e. The summed E-state index contributed by atoms with van der Waals surface area (Å²) < 4.78 is 0. The number of benzene rings is 1. The monoisotopic (exact) mass is 330 g/mol. The van der Waals surface area contributed by atoms with E-state index in [1.165, 1.54) is 5.56 Å². The molecule has 0 aromatic heterocycles. The lowest BCUT2D eigenvalue weighted by Gasteiger charge is -2.39. The number of amides is 2. The van der Waals surface area contributed by atoms with E-state index < -0.39 is 0 Å². The predicted octanol–water partition coefficient (Wildman–Crippen LogP) is 2.12. The second-order valence-electron chi connectivity index (χ2n) is 7.03. The van der Waals surface area contributed by atoms with Gasteiger partial charge in [-0.1, -0.05) is 19.1 Å². The normalized spacial score (nSPS) is 23.1. The number of fused-ring (bicyclic) bond motifs is 1. The van der Waals surface area contributed by atoms with Gasteiger partial charge < -0.3 is 15.3 Å². The Bertz CT molecular complexity index is 629. The van der Waals surface area contributed by atoms with E-state index in [4.69, 9.17) is 0 Å². The van der Waals surface area contributed by atoms with Crippen molar-refractivity contribution in [3.63, 3.8) is 0 Å². The van der Waals surface area contributed by atoms with Crippen LogP contribution in [0.15, 0.2) is 18.2 Å². The molecule has 0 saturated carbocycles. The van der Waals surface area contributed by atoms with Gasteiger partial charge in [-0.25, -0.2) is 0 Å². The zero-order valence-corrected chi connectivity index (χ0v) is 14.3. The van der Waals surface area contributed by atoms with Gasteiger partial charge in [0.05, 0.1) is 19.1 Å². The van der Waals surface area contributed by atoms with Crippen molar-refractivity contribution in [2.45, 2.75) is 51.5 Å². The fourth-order valence-corrected chi connectivity index (χ4v) is 3.86. The van der Waals surface area contributed by atoms with Crippen LogP contribution in [0.4, 0.5) is 5.69 Å². The van der Waals surface area contributed by atoms with E-state index in [2.05, 4.69) is 18.3 Å². The van der Waals surface area contributed by atoms with Crippen LogP contribution < -0.4 is 5.32 Å². The molecule has 24 heavy (non-hydrogen) atoms. The summed E-state index contributed by atoms with van der Waals surface area (Å²) >= 11 is 0. The third kappa shape index (κ3) is 3.61. The minimum Gasteiger partial charge on any atom is -0.394 e. The molecule has 1 aromatic rings. The number of carbonyl (C=O) groups excluding carboxylic acids is 2. The third-order valence-corrected chi connectivity index (χ3v) is 5.27. The Morgan fingerprint density at radius 1 is 1.42 bits per heavy atom. The lowest BCUT2D eigenvalue weighted by atomic mass is 9.91. The van der Waals surface area contributed by atoms with E-state index in [-0.39, 0.29) is 24.5 Å². The highest BCUT2D eigenvalue weighted by atomic mass is 16.3. The van der Waals surface area contributed by atoms with Crippen molar-refractivity contribution in [3.05, 3.63) is 29.3 Å². The summed E-state index contributed by atoms with van der Waals surface area (Å²) in [6.07, 6.45) is 4.69. The Morgan fingerprint density at radius 3 is 3.04 bits per heavy atom. The second kappa shape index (κ2) is 7.34. The van der Waals surface area contributed by atoms with Gasteiger partial charge in [-0.2, -0.15) is 0 Å². The van der Waals surface area contributed by atoms with Crippen LogP contribution in [-0.4, -0.2) is 41.0 Å². The number of aliphatic hydroxyl groups is 1. The van der Waals surface area contributed by atoms with Crippen LogP contribution in [0.5, 0.6) is 0 Å². The van der Waals surface area contributed by atoms with Crippen molar-refractivity contribution in [2.75, 3.05) is 18.5 Å². The topological polar surface area (TPSA) is 69.6 Å². The summed E-state index contributed by atoms with van der Waals surface area (Å²) in [5.41, 5.74) is 3.13. The maximum atomic E-state index is 12.5. The first kappa shape index (κ1) is 17.0. The molecule has 2 aliphatic heterocycles. The number of carbonyl (C=O) groups is 2. The van der Waals surface area contributed by atoms with Gasteiger partial charge in [0.1, 0.15) is 0 Å². The van der Waals surface area contributed by atoms with Gasteiger partial charge in [0.15, 0.2) is 0 Å². The van der Waals surface area contributed by atoms with E-state index in [0.29, 0.717) is 18.8 Å². The number of likely N-dealkylation sites (tertiary alicyclic amines) is 1. The molecule has 2 unspecified atom stereocenters. The Kier molecular flexibility index (Phi) is 5.19. The number of hydrogen-bond acceptors (Lipinski definition) is 3. The molecule has 1 fully saturated rings. The molecule has 2 heterocycles.